The molecule has 4 rings (SSSR count). The largest absolute Gasteiger partial charge is 0.352 e. The molecule has 0 N–H and O–H groups in total. The monoisotopic (exact) mass is 241 g/mol. The lowest BCUT2D eigenvalue weighted by molar-refractivity contribution is 0.505. The molecule has 0 radical (unpaired) electrons. The van der Waals surface area contributed by atoms with Gasteiger partial charge in [0, 0.05) is 0 Å². The van der Waals surface area contributed by atoms with Crippen LogP contribution in [0.25, 0.3) is 5.69 Å². The molecule has 0 amide bonds. The average Bonchev–Trinajstić information content (AvgIpc) is 3.05. The lowest BCUT2D eigenvalue weighted by atomic mass is 10.2. The topological polar surface area (TPSA) is 48.9 Å². The van der Waals surface area contributed by atoms with E-state index in [1.54, 1.807) is 21.5 Å². The van der Waals surface area contributed by atoms with Gasteiger partial charge in [-0.3, -0.25) is 0 Å². The number of fused-ring (bicyclic) bond motifs is 5. The van der Waals surface area contributed by atoms with E-state index >= 15 is 0 Å². The van der Waals surface area contributed by atoms with E-state index < -0.39 is 0 Å². The Balaban J connectivity index is 2.05. The molecule has 1 aliphatic carbocycles. The Kier molecular flexibility index (Phi) is 1.69. The smallest absolute Gasteiger partial charge is 0.245 e. The van der Waals surface area contributed by atoms with E-state index in [0.717, 1.165) is 6.42 Å². The van der Waals surface area contributed by atoms with Crippen molar-refractivity contribution < 1.29 is 0 Å². The van der Waals surface area contributed by atoms with Crippen molar-refractivity contribution >= 4 is 0 Å². The Bertz CT molecular complexity index is 720. The van der Waals surface area contributed by atoms with E-state index in [0.29, 0.717) is 5.69 Å². The number of hydrogen-bond acceptors (Lipinski definition) is 2. The molecule has 5 heteroatoms. The lowest BCUT2D eigenvalue weighted by Gasteiger charge is -2.07. The lowest BCUT2D eigenvalue weighted by Crippen LogP contribution is -2.28. The molecule has 5 nitrogen and oxygen atoms in total. The molecule has 90 valence electrons. The summed E-state index contributed by atoms with van der Waals surface area (Å²) in [5.41, 5.74) is 0.132. The second-order valence-electron chi connectivity index (χ2n) is 4.68. The van der Waals surface area contributed by atoms with Crippen molar-refractivity contribution in [1.29, 1.82) is 0 Å². The minimum atomic E-state index is -0.247. The van der Waals surface area contributed by atoms with Crippen LogP contribution in [0.1, 0.15) is 18.5 Å². The second kappa shape index (κ2) is 3.13. The number of hydrogen-bond donors (Lipinski definition) is 0. The van der Waals surface area contributed by atoms with Crippen molar-refractivity contribution in [3.05, 3.63) is 63.5 Å². The fourth-order valence-corrected chi connectivity index (χ4v) is 2.90. The standard InChI is InChI=1S/C13H11N3O2/c17-12-14(9-4-2-1-3-5-9)13(18)16-11-7-6-10(8-11)15(12)16/h1-7,10-11H,8H2. The molecule has 0 saturated carbocycles. The Morgan fingerprint density at radius 1 is 0.889 bits per heavy atom. The van der Waals surface area contributed by atoms with E-state index in [2.05, 4.69) is 0 Å². The van der Waals surface area contributed by atoms with E-state index in [9.17, 15) is 9.59 Å². The summed E-state index contributed by atoms with van der Waals surface area (Å²) in [6.45, 7) is 0. The zero-order valence-electron chi connectivity index (χ0n) is 9.56. The third-order valence-corrected chi connectivity index (χ3v) is 3.69. The third kappa shape index (κ3) is 1.01. The number of nitrogens with zero attached hydrogens (tertiary/aromatic N) is 3. The molecule has 0 fully saturated rings. The SMILES string of the molecule is O=c1n(-c2ccccc2)c(=O)n2n1C1C=CC2C1. The molecule has 1 aromatic heterocycles. The first-order chi connectivity index (χ1) is 8.77. The van der Waals surface area contributed by atoms with Crippen LogP contribution >= 0.6 is 0 Å². The highest BCUT2D eigenvalue weighted by Crippen LogP contribution is 2.35. The second-order valence-corrected chi connectivity index (χ2v) is 4.68. The summed E-state index contributed by atoms with van der Waals surface area (Å²) in [7, 11) is 0. The number of rotatable bonds is 1. The van der Waals surface area contributed by atoms with Crippen LogP contribution < -0.4 is 11.4 Å². The van der Waals surface area contributed by atoms with Gasteiger partial charge in [0.05, 0.1) is 17.8 Å². The number of allylic oxidation sites excluding steroid dienone is 2. The summed E-state index contributed by atoms with van der Waals surface area (Å²) in [5.74, 6) is 0. The number of aromatic nitrogens is 3. The Hall–Kier alpha value is -2.30. The number of benzene rings is 1. The summed E-state index contributed by atoms with van der Waals surface area (Å²) < 4.78 is 4.38. The molecule has 1 aliphatic heterocycles. The molecule has 18 heavy (non-hydrogen) atoms. The van der Waals surface area contributed by atoms with Gasteiger partial charge < -0.3 is 0 Å². The van der Waals surface area contributed by atoms with Crippen LogP contribution in [0.5, 0.6) is 0 Å². The summed E-state index contributed by atoms with van der Waals surface area (Å²) >= 11 is 0. The van der Waals surface area contributed by atoms with Gasteiger partial charge in [-0.05, 0) is 18.6 Å². The van der Waals surface area contributed by atoms with Crippen LogP contribution in [-0.2, 0) is 0 Å². The first kappa shape index (κ1) is 9.70. The molecule has 2 heterocycles. The molecule has 0 saturated heterocycles. The van der Waals surface area contributed by atoms with Crippen LogP contribution in [0.15, 0.2) is 52.1 Å². The molecule has 2 aliphatic rings. The maximum absolute atomic E-state index is 12.3. The summed E-state index contributed by atoms with van der Waals surface area (Å²) in [6.07, 6.45) is 4.84. The van der Waals surface area contributed by atoms with Crippen LogP contribution in [0.3, 0.4) is 0 Å². The summed E-state index contributed by atoms with van der Waals surface area (Å²) in [4.78, 5) is 24.7. The molecule has 2 unspecified atom stereocenters. The molecule has 1 aromatic carbocycles. The van der Waals surface area contributed by atoms with Crippen LogP contribution in [-0.4, -0.2) is 13.9 Å². The predicted octanol–water partition coefficient (Wildman–Crippen LogP) is 0.856. The minimum Gasteiger partial charge on any atom is -0.245 e. The Labute approximate surface area is 102 Å². The molecule has 0 spiro atoms. The van der Waals surface area contributed by atoms with Crippen molar-refractivity contribution in [2.45, 2.75) is 18.5 Å². The molecule has 2 atom stereocenters. The van der Waals surface area contributed by atoms with Gasteiger partial charge in [-0.1, -0.05) is 30.4 Å². The van der Waals surface area contributed by atoms with E-state index in [1.165, 1.54) is 4.57 Å². The van der Waals surface area contributed by atoms with Gasteiger partial charge in [-0.15, -0.1) is 0 Å². The zero-order chi connectivity index (χ0) is 12.3. The van der Waals surface area contributed by atoms with Crippen molar-refractivity contribution in [2.75, 3.05) is 0 Å². The van der Waals surface area contributed by atoms with Crippen LogP contribution in [0.4, 0.5) is 0 Å². The van der Waals surface area contributed by atoms with E-state index in [-0.39, 0.29) is 23.5 Å². The predicted molar refractivity (Wildman–Crippen MR) is 66.1 cm³/mol. The van der Waals surface area contributed by atoms with Gasteiger partial charge in [0.15, 0.2) is 0 Å². The van der Waals surface area contributed by atoms with Crippen molar-refractivity contribution in [1.82, 2.24) is 13.9 Å². The van der Waals surface area contributed by atoms with Gasteiger partial charge in [0.2, 0.25) is 0 Å². The highest BCUT2D eigenvalue weighted by atomic mass is 16.2. The molecule has 2 bridgehead atoms. The maximum atomic E-state index is 12.3. The Morgan fingerprint density at radius 3 is 2.00 bits per heavy atom. The highest BCUT2D eigenvalue weighted by molar-refractivity contribution is 5.31. The molecular weight excluding hydrogens is 230 g/mol. The average molecular weight is 241 g/mol. The van der Waals surface area contributed by atoms with E-state index in [4.69, 9.17) is 0 Å². The Morgan fingerprint density at radius 2 is 1.44 bits per heavy atom. The van der Waals surface area contributed by atoms with Crippen LogP contribution in [0.2, 0.25) is 0 Å². The number of para-hydroxylation sites is 1. The molecular formula is C13H11N3O2. The van der Waals surface area contributed by atoms with Crippen molar-refractivity contribution in [2.24, 2.45) is 0 Å². The summed E-state index contributed by atoms with van der Waals surface area (Å²) in [6, 6.07) is 9.13. The normalized spacial score (nSPS) is 23.6. The van der Waals surface area contributed by atoms with Gasteiger partial charge in [0.25, 0.3) is 0 Å². The quantitative estimate of drug-likeness (QED) is 0.695. The maximum Gasteiger partial charge on any atom is 0.352 e. The van der Waals surface area contributed by atoms with E-state index in [1.807, 2.05) is 30.4 Å². The van der Waals surface area contributed by atoms with Gasteiger partial charge in [-0.2, -0.15) is 0 Å². The van der Waals surface area contributed by atoms with Crippen LogP contribution in [0, 0.1) is 0 Å². The fourth-order valence-electron chi connectivity index (χ4n) is 2.90. The minimum absolute atomic E-state index is 0.0418. The van der Waals surface area contributed by atoms with Gasteiger partial charge in [-0.25, -0.2) is 23.5 Å². The molecule has 2 aromatic rings. The third-order valence-electron chi connectivity index (χ3n) is 3.69. The van der Waals surface area contributed by atoms with Crippen molar-refractivity contribution in [3.63, 3.8) is 0 Å². The highest BCUT2D eigenvalue weighted by Gasteiger charge is 2.37. The fraction of sp³-hybridized carbons (Fsp3) is 0.231. The first-order valence-electron chi connectivity index (χ1n) is 5.97. The zero-order valence-corrected chi connectivity index (χ0v) is 9.56. The summed E-state index contributed by atoms with van der Waals surface area (Å²) in [5, 5.41) is 0. The van der Waals surface area contributed by atoms with Gasteiger partial charge in [0.1, 0.15) is 0 Å². The van der Waals surface area contributed by atoms with Gasteiger partial charge >= 0.3 is 11.4 Å². The van der Waals surface area contributed by atoms with Crippen molar-refractivity contribution in [3.8, 4) is 5.69 Å². The first-order valence-corrected chi connectivity index (χ1v) is 5.97.